The number of benzene rings is 2. The van der Waals surface area contributed by atoms with Crippen LogP contribution in [0.25, 0.3) is 0 Å². The molecule has 4 rings (SSSR count). The molecule has 8 heteroatoms. The normalized spacial score (nSPS) is 19.7. The largest absolute Gasteiger partial charge is 0.495 e. The first-order valence-corrected chi connectivity index (χ1v) is 12.0. The Bertz CT molecular complexity index is 1090. The number of carbonyl (C=O) groups is 1. The summed E-state index contributed by atoms with van der Waals surface area (Å²) in [5.74, 6) is -0.317. The number of sulfonamides is 1. The fraction of sp³-hybridized carbons (Fsp3) is 0.435. The second-order valence-electron chi connectivity index (χ2n) is 8.16. The number of hydrogen-bond donors (Lipinski definition) is 0. The number of nitrogens with zero attached hydrogens (tertiary/aromatic N) is 2. The van der Waals surface area contributed by atoms with Gasteiger partial charge in [-0.25, -0.2) is 12.8 Å². The zero-order valence-corrected chi connectivity index (χ0v) is 18.6. The molecule has 0 radical (unpaired) electrons. The second-order valence-corrected chi connectivity index (χ2v) is 10.1. The lowest BCUT2D eigenvalue weighted by Crippen LogP contribution is -2.48. The van der Waals surface area contributed by atoms with E-state index in [1.807, 2.05) is 19.1 Å². The van der Waals surface area contributed by atoms with E-state index in [0.29, 0.717) is 31.7 Å². The van der Waals surface area contributed by atoms with Gasteiger partial charge in [-0.05, 0) is 74.1 Å². The van der Waals surface area contributed by atoms with Crippen molar-refractivity contribution >= 4 is 21.6 Å². The molecule has 2 heterocycles. The van der Waals surface area contributed by atoms with E-state index in [1.54, 1.807) is 12.0 Å². The Morgan fingerprint density at radius 1 is 1.10 bits per heavy atom. The van der Waals surface area contributed by atoms with Crippen LogP contribution in [0, 0.1) is 18.7 Å². The molecule has 1 saturated heterocycles. The van der Waals surface area contributed by atoms with Crippen molar-refractivity contribution < 1.29 is 22.3 Å². The molecule has 2 aliphatic rings. The van der Waals surface area contributed by atoms with Gasteiger partial charge in [0.15, 0.2) is 0 Å². The van der Waals surface area contributed by atoms with Crippen LogP contribution in [0.2, 0.25) is 0 Å². The second kappa shape index (κ2) is 8.59. The van der Waals surface area contributed by atoms with Crippen molar-refractivity contribution in [3.63, 3.8) is 0 Å². The number of hydrogen-bond acceptors (Lipinski definition) is 4. The van der Waals surface area contributed by atoms with Gasteiger partial charge in [0.05, 0.1) is 23.6 Å². The van der Waals surface area contributed by atoms with Gasteiger partial charge >= 0.3 is 0 Å². The molecule has 0 saturated carbocycles. The number of rotatable bonds is 4. The summed E-state index contributed by atoms with van der Waals surface area (Å²) in [5.41, 5.74) is 3.06. The van der Waals surface area contributed by atoms with E-state index >= 15 is 0 Å². The van der Waals surface area contributed by atoms with E-state index in [2.05, 4.69) is 0 Å². The van der Waals surface area contributed by atoms with Crippen molar-refractivity contribution in [2.75, 3.05) is 31.6 Å². The molecule has 1 amide bonds. The van der Waals surface area contributed by atoms with E-state index in [9.17, 15) is 17.6 Å². The number of amides is 1. The smallest absolute Gasteiger partial charge is 0.243 e. The first-order valence-electron chi connectivity index (χ1n) is 10.6. The highest BCUT2D eigenvalue weighted by Gasteiger charge is 2.37. The van der Waals surface area contributed by atoms with Crippen LogP contribution in [0.3, 0.4) is 0 Å². The van der Waals surface area contributed by atoms with Gasteiger partial charge in [0.1, 0.15) is 11.6 Å². The highest BCUT2D eigenvalue weighted by atomic mass is 32.2. The summed E-state index contributed by atoms with van der Waals surface area (Å²) >= 11 is 0. The highest BCUT2D eigenvalue weighted by Crippen LogP contribution is 2.39. The van der Waals surface area contributed by atoms with Crippen molar-refractivity contribution in [2.45, 2.75) is 37.5 Å². The molecule has 0 spiro atoms. The standard InChI is InChI=1S/C23H27FN2O4S/c1-16-7-12-21(30-2)22-20(16)6-4-14-26(22)23(27)17-5-3-13-25(15-17)31(28,29)19-10-8-18(24)9-11-19/h7-12,17H,3-6,13-15H2,1-2H3. The van der Waals surface area contributed by atoms with Gasteiger partial charge in [-0.15, -0.1) is 0 Å². The van der Waals surface area contributed by atoms with Crippen LogP contribution in [0.1, 0.15) is 30.4 Å². The van der Waals surface area contributed by atoms with Crippen molar-refractivity contribution in [1.29, 1.82) is 0 Å². The quantitative estimate of drug-likeness (QED) is 0.721. The van der Waals surface area contributed by atoms with Gasteiger partial charge in [-0.2, -0.15) is 4.31 Å². The maximum atomic E-state index is 13.5. The topological polar surface area (TPSA) is 66.9 Å². The Kier molecular flexibility index (Phi) is 6.03. The maximum absolute atomic E-state index is 13.5. The third-order valence-electron chi connectivity index (χ3n) is 6.23. The number of piperidine rings is 1. The Morgan fingerprint density at radius 3 is 2.55 bits per heavy atom. The summed E-state index contributed by atoms with van der Waals surface area (Å²) in [5, 5.41) is 0. The summed E-state index contributed by atoms with van der Waals surface area (Å²) in [4.78, 5) is 15.4. The summed E-state index contributed by atoms with van der Waals surface area (Å²) < 4.78 is 46.2. The third-order valence-corrected chi connectivity index (χ3v) is 8.11. The fourth-order valence-electron chi connectivity index (χ4n) is 4.58. The SMILES string of the molecule is COc1ccc(C)c2c1N(C(=O)C1CCCN(S(=O)(=O)c3ccc(F)cc3)C1)CCC2. The predicted octanol–water partition coefficient (Wildman–Crippen LogP) is 3.52. The molecule has 1 fully saturated rings. The Labute approximate surface area is 182 Å². The van der Waals surface area contributed by atoms with E-state index in [4.69, 9.17) is 4.74 Å². The summed E-state index contributed by atoms with van der Waals surface area (Å²) in [6.45, 7) is 3.09. The zero-order valence-electron chi connectivity index (χ0n) is 17.8. The molecule has 31 heavy (non-hydrogen) atoms. The molecule has 6 nitrogen and oxygen atoms in total. The lowest BCUT2D eigenvalue weighted by Gasteiger charge is -2.37. The van der Waals surface area contributed by atoms with Gasteiger partial charge in [0.25, 0.3) is 0 Å². The van der Waals surface area contributed by atoms with Gasteiger partial charge in [0.2, 0.25) is 15.9 Å². The molecular formula is C23H27FN2O4S. The monoisotopic (exact) mass is 446 g/mol. The summed E-state index contributed by atoms with van der Waals surface area (Å²) in [7, 11) is -2.19. The van der Waals surface area contributed by atoms with Crippen molar-refractivity contribution in [3.8, 4) is 5.75 Å². The molecular weight excluding hydrogens is 419 g/mol. The lowest BCUT2D eigenvalue weighted by molar-refractivity contribution is -0.123. The number of fused-ring (bicyclic) bond motifs is 1. The molecule has 166 valence electrons. The molecule has 1 atom stereocenters. The predicted molar refractivity (Wildman–Crippen MR) is 116 cm³/mol. The van der Waals surface area contributed by atoms with Crippen LogP contribution in [0.5, 0.6) is 5.75 Å². The van der Waals surface area contributed by atoms with E-state index in [0.717, 1.165) is 41.8 Å². The lowest BCUT2D eigenvalue weighted by atomic mass is 9.93. The van der Waals surface area contributed by atoms with E-state index in [1.165, 1.54) is 16.4 Å². The molecule has 0 aromatic heterocycles. The molecule has 0 bridgehead atoms. The number of ether oxygens (including phenoxy) is 1. The molecule has 2 aromatic carbocycles. The molecule has 0 aliphatic carbocycles. The van der Waals surface area contributed by atoms with Crippen LogP contribution in [0.4, 0.5) is 10.1 Å². The van der Waals surface area contributed by atoms with Crippen LogP contribution in [-0.4, -0.2) is 45.4 Å². The third kappa shape index (κ3) is 4.06. The number of carbonyl (C=O) groups excluding carboxylic acids is 1. The Morgan fingerprint density at radius 2 is 1.84 bits per heavy atom. The number of methoxy groups -OCH3 is 1. The van der Waals surface area contributed by atoms with Crippen molar-refractivity contribution in [3.05, 3.63) is 53.3 Å². The van der Waals surface area contributed by atoms with E-state index < -0.39 is 21.8 Å². The summed E-state index contributed by atoms with van der Waals surface area (Å²) in [6.07, 6.45) is 2.98. The minimum Gasteiger partial charge on any atom is -0.495 e. The van der Waals surface area contributed by atoms with E-state index in [-0.39, 0.29) is 17.3 Å². The van der Waals surface area contributed by atoms with Crippen molar-refractivity contribution in [1.82, 2.24) is 4.31 Å². The van der Waals surface area contributed by atoms with Gasteiger partial charge in [-0.1, -0.05) is 6.07 Å². The first kappa shape index (κ1) is 21.8. The highest BCUT2D eigenvalue weighted by molar-refractivity contribution is 7.89. The van der Waals surface area contributed by atoms with Gasteiger partial charge < -0.3 is 9.64 Å². The minimum atomic E-state index is -3.78. The molecule has 2 aliphatic heterocycles. The van der Waals surface area contributed by atoms with Crippen LogP contribution in [0.15, 0.2) is 41.3 Å². The zero-order chi connectivity index (χ0) is 22.2. The fourth-order valence-corrected chi connectivity index (χ4v) is 6.10. The summed E-state index contributed by atoms with van der Waals surface area (Å²) in [6, 6.07) is 8.70. The van der Waals surface area contributed by atoms with Crippen LogP contribution in [-0.2, 0) is 21.2 Å². The Balaban J connectivity index is 1.60. The molecule has 0 N–H and O–H groups in total. The van der Waals surface area contributed by atoms with Gasteiger partial charge in [-0.3, -0.25) is 4.79 Å². The maximum Gasteiger partial charge on any atom is 0.243 e. The first-order chi connectivity index (χ1) is 14.8. The molecule has 1 unspecified atom stereocenters. The Hall–Kier alpha value is -2.45. The van der Waals surface area contributed by atoms with Crippen LogP contribution >= 0.6 is 0 Å². The van der Waals surface area contributed by atoms with Gasteiger partial charge in [0, 0.05) is 19.6 Å². The number of anilines is 1. The molecule has 2 aromatic rings. The average Bonchev–Trinajstić information content (AvgIpc) is 2.79. The van der Waals surface area contributed by atoms with Crippen LogP contribution < -0.4 is 9.64 Å². The minimum absolute atomic E-state index is 0.0441. The van der Waals surface area contributed by atoms with Crippen molar-refractivity contribution in [2.24, 2.45) is 5.92 Å². The average molecular weight is 447 g/mol. The number of aryl methyl sites for hydroxylation is 1. The number of halogens is 1.